The molecule has 104 valence electrons. The van der Waals surface area contributed by atoms with Gasteiger partial charge in [0.25, 0.3) is 0 Å². The largest absolute Gasteiger partial charge is 0.324 e. The fraction of sp³-hybridized carbons (Fsp3) is 0.533. The number of hydrogen-bond acceptors (Lipinski definition) is 2. The summed E-state index contributed by atoms with van der Waals surface area (Å²) < 4.78 is 0. The van der Waals surface area contributed by atoms with Gasteiger partial charge in [0.15, 0.2) is 0 Å². The Bertz CT molecular complexity index is 431. The Morgan fingerprint density at radius 1 is 1.26 bits per heavy atom. The highest BCUT2D eigenvalue weighted by atomic mass is 16.2. The lowest BCUT2D eigenvalue weighted by Crippen LogP contribution is -2.33. The zero-order valence-electron chi connectivity index (χ0n) is 11.9. The lowest BCUT2D eigenvalue weighted by molar-refractivity contribution is 0.220. The van der Waals surface area contributed by atoms with Crippen LogP contribution in [0.25, 0.3) is 0 Å². The third kappa shape index (κ3) is 3.26. The summed E-state index contributed by atoms with van der Waals surface area (Å²) in [5.74, 6) is 1.15. The van der Waals surface area contributed by atoms with Crippen molar-refractivity contribution in [1.29, 1.82) is 0 Å². The van der Waals surface area contributed by atoms with E-state index in [4.69, 9.17) is 5.73 Å². The van der Waals surface area contributed by atoms with Gasteiger partial charge in [0.1, 0.15) is 0 Å². The Balaban J connectivity index is 1.96. The van der Waals surface area contributed by atoms with Crippen LogP contribution in [0.15, 0.2) is 24.3 Å². The second-order valence-electron chi connectivity index (χ2n) is 5.70. The molecule has 3 N–H and O–H groups in total. The quantitative estimate of drug-likeness (QED) is 0.860. The van der Waals surface area contributed by atoms with Crippen LogP contribution in [-0.4, -0.2) is 24.0 Å². The van der Waals surface area contributed by atoms with E-state index in [1.165, 1.54) is 0 Å². The van der Waals surface area contributed by atoms with Crippen LogP contribution < -0.4 is 11.1 Å². The van der Waals surface area contributed by atoms with Crippen molar-refractivity contribution in [1.82, 2.24) is 4.90 Å². The molecule has 1 saturated heterocycles. The van der Waals surface area contributed by atoms with Crippen LogP contribution in [0.3, 0.4) is 0 Å². The number of benzene rings is 1. The molecule has 4 nitrogen and oxygen atoms in total. The van der Waals surface area contributed by atoms with Crippen LogP contribution in [0.4, 0.5) is 10.5 Å². The normalized spacial score (nSPS) is 24.3. The van der Waals surface area contributed by atoms with E-state index in [9.17, 15) is 4.79 Å². The fourth-order valence-electron chi connectivity index (χ4n) is 2.37. The molecule has 2 rings (SSSR count). The van der Waals surface area contributed by atoms with Crippen LogP contribution in [0, 0.1) is 11.8 Å². The zero-order valence-corrected chi connectivity index (χ0v) is 11.9. The second-order valence-corrected chi connectivity index (χ2v) is 5.70. The molecule has 4 heteroatoms. The molecule has 19 heavy (non-hydrogen) atoms. The molecule has 1 fully saturated rings. The summed E-state index contributed by atoms with van der Waals surface area (Å²) in [4.78, 5) is 14.0. The fourth-order valence-corrected chi connectivity index (χ4v) is 2.37. The summed E-state index contributed by atoms with van der Waals surface area (Å²) in [6.07, 6.45) is 0. The summed E-state index contributed by atoms with van der Waals surface area (Å²) in [7, 11) is 0. The van der Waals surface area contributed by atoms with Gasteiger partial charge in [-0.25, -0.2) is 4.79 Å². The first-order valence-corrected chi connectivity index (χ1v) is 6.89. The average molecular weight is 261 g/mol. The first-order valence-electron chi connectivity index (χ1n) is 6.89. The summed E-state index contributed by atoms with van der Waals surface area (Å²) >= 11 is 0. The maximum atomic E-state index is 12.1. The number of carbonyl (C=O) groups excluding carboxylic acids is 1. The molecule has 0 saturated carbocycles. The molecule has 0 spiro atoms. The molecule has 1 aromatic rings. The number of hydrogen-bond donors (Lipinski definition) is 2. The lowest BCUT2D eigenvalue weighted by Gasteiger charge is -2.17. The van der Waals surface area contributed by atoms with Gasteiger partial charge in [-0.05, 0) is 36.5 Å². The molecular formula is C15H23N3O. The van der Waals surface area contributed by atoms with Gasteiger partial charge in [-0.1, -0.05) is 26.0 Å². The van der Waals surface area contributed by atoms with Crippen molar-refractivity contribution < 1.29 is 4.79 Å². The third-order valence-corrected chi connectivity index (χ3v) is 3.96. The summed E-state index contributed by atoms with van der Waals surface area (Å²) in [6.45, 7) is 8.00. The summed E-state index contributed by atoms with van der Waals surface area (Å²) in [5, 5.41) is 2.94. The number of rotatable bonds is 2. The Morgan fingerprint density at radius 2 is 1.79 bits per heavy atom. The first-order chi connectivity index (χ1) is 8.97. The van der Waals surface area contributed by atoms with Crippen LogP contribution in [0.5, 0.6) is 0 Å². The zero-order chi connectivity index (χ0) is 14.0. The van der Waals surface area contributed by atoms with E-state index >= 15 is 0 Å². The smallest absolute Gasteiger partial charge is 0.321 e. The van der Waals surface area contributed by atoms with Gasteiger partial charge >= 0.3 is 6.03 Å². The summed E-state index contributed by atoms with van der Waals surface area (Å²) in [6, 6.07) is 7.72. The van der Waals surface area contributed by atoms with Gasteiger partial charge in [0, 0.05) is 24.8 Å². The number of urea groups is 1. The van der Waals surface area contributed by atoms with Crippen LogP contribution in [-0.2, 0) is 0 Å². The van der Waals surface area contributed by atoms with Crippen molar-refractivity contribution in [3.63, 3.8) is 0 Å². The van der Waals surface area contributed by atoms with Gasteiger partial charge in [0.05, 0.1) is 0 Å². The van der Waals surface area contributed by atoms with Crippen molar-refractivity contribution in [2.45, 2.75) is 26.8 Å². The van der Waals surface area contributed by atoms with Crippen molar-refractivity contribution in [3.8, 4) is 0 Å². The predicted molar refractivity (Wildman–Crippen MR) is 78.0 cm³/mol. The Morgan fingerprint density at radius 3 is 2.26 bits per heavy atom. The van der Waals surface area contributed by atoms with Gasteiger partial charge in [-0.15, -0.1) is 0 Å². The van der Waals surface area contributed by atoms with Gasteiger partial charge in [0.2, 0.25) is 0 Å². The molecule has 1 aromatic carbocycles. The average Bonchev–Trinajstić information content (AvgIpc) is 2.70. The molecule has 0 bridgehead atoms. The molecule has 1 aliphatic heterocycles. The molecular weight excluding hydrogens is 238 g/mol. The molecule has 3 atom stereocenters. The number of nitrogens with zero attached hydrogens (tertiary/aromatic N) is 1. The van der Waals surface area contributed by atoms with Crippen molar-refractivity contribution in [3.05, 3.63) is 29.8 Å². The number of carbonyl (C=O) groups is 1. The molecule has 0 radical (unpaired) electrons. The van der Waals surface area contributed by atoms with Crippen molar-refractivity contribution in [2.75, 3.05) is 18.4 Å². The summed E-state index contributed by atoms with van der Waals surface area (Å²) in [5.41, 5.74) is 7.69. The van der Waals surface area contributed by atoms with Gasteiger partial charge in [-0.2, -0.15) is 0 Å². The molecule has 0 aromatic heterocycles. The number of likely N-dealkylation sites (tertiary alicyclic amines) is 1. The Hall–Kier alpha value is -1.55. The predicted octanol–water partition coefficient (Wildman–Crippen LogP) is 2.83. The standard InChI is InChI=1S/C15H23N3O/c1-10-8-18(9-11(10)2)15(19)17-14-6-4-13(5-7-14)12(3)16/h4-7,10-12H,8-9,16H2,1-3H3,(H,17,19). The van der Waals surface area contributed by atoms with E-state index < -0.39 is 0 Å². The number of nitrogens with one attached hydrogen (secondary N) is 1. The minimum Gasteiger partial charge on any atom is -0.324 e. The Kier molecular flexibility index (Phi) is 4.10. The highest BCUT2D eigenvalue weighted by molar-refractivity contribution is 5.89. The van der Waals surface area contributed by atoms with E-state index in [0.29, 0.717) is 11.8 Å². The lowest BCUT2D eigenvalue weighted by atomic mass is 10.0. The van der Waals surface area contributed by atoms with Crippen LogP contribution in [0.1, 0.15) is 32.4 Å². The maximum absolute atomic E-state index is 12.1. The second kappa shape index (κ2) is 5.61. The Labute approximate surface area is 115 Å². The van der Waals surface area contributed by atoms with E-state index in [1.54, 1.807) is 0 Å². The molecule has 3 unspecified atom stereocenters. The minimum absolute atomic E-state index is 0.00949. The molecule has 1 aliphatic rings. The van der Waals surface area contributed by atoms with Crippen LogP contribution in [0.2, 0.25) is 0 Å². The van der Waals surface area contributed by atoms with Crippen molar-refractivity contribution >= 4 is 11.7 Å². The molecule has 0 aliphatic carbocycles. The highest BCUT2D eigenvalue weighted by Gasteiger charge is 2.29. The van der Waals surface area contributed by atoms with E-state index in [1.807, 2.05) is 36.1 Å². The minimum atomic E-state index is -0.00949. The number of amides is 2. The van der Waals surface area contributed by atoms with Crippen LogP contribution >= 0.6 is 0 Å². The maximum Gasteiger partial charge on any atom is 0.321 e. The monoisotopic (exact) mass is 261 g/mol. The molecule has 2 amide bonds. The third-order valence-electron chi connectivity index (χ3n) is 3.96. The number of anilines is 1. The van der Waals surface area contributed by atoms with Gasteiger partial charge in [-0.3, -0.25) is 0 Å². The van der Waals surface area contributed by atoms with E-state index in [2.05, 4.69) is 19.2 Å². The first kappa shape index (κ1) is 13.9. The number of nitrogens with two attached hydrogens (primary N) is 1. The highest BCUT2D eigenvalue weighted by Crippen LogP contribution is 2.23. The SMILES string of the molecule is CC(N)c1ccc(NC(=O)N2CC(C)C(C)C2)cc1. The van der Waals surface area contributed by atoms with Crippen molar-refractivity contribution in [2.24, 2.45) is 17.6 Å². The van der Waals surface area contributed by atoms with E-state index in [0.717, 1.165) is 24.3 Å². The topological polar surface area (TPSA) is 58.4 Å². The molecule has 1 heterocycles. The van der Waals surface area contributed by atoms with E-state index in [-0.39, 0.29) is 12.1 Å². The van der Waals surface area contributed by atoms with Gasteiger partial charge < -0.3 is 16.0 Å².